The molecule has 3 heteroatoms. The summed E-state index contributed by atoms with van der Waals surface area (Å²) in [5.74, 6) is 0.300. The summed E-state index contributed by atoms with van der Waals surface area (Å²) in [6, 6.07) is 0.395. The van der Waals surface area contributed by atoms with Crippen molar-refractivity contribution in [2.45, 2.75) is 78.8 Å². The van der Waals surface area contributed by atoms with Crippen molar-refractivity contribution in [3.05, 3.63) is 0 Å². The van der Waals surface area contributed by atoms with Crippen LogP contribution in [0.25, 0.3) is 0 Å². The second kappa shape index (κ2) is 4.47. The highest BCUT2D eigenvalue weighted by Crippen LogP contribution is 2.47. The summed E-state index contributed by atoms with van der Waals surface area (Å²) in [7, 11) is 0. The van der Waals surface area contributed by atoms with Crippen LogP contribution in [0.5, 0.6) is 0 Å². The molecule has 0 aromatic carbocycles. The number of rotatable bonds is 2. The molecule has 1 aliphatic heterocycles. The van der Waals surface area contributed by atoms with E-state index in [2.05, 4.69) is 44.8 Å². The molecular formula is C16H30N2O. The number of nitrogens with one attached hydrogen (secondary N) is 1. The van der Waals surface area contributed by atoms with E-state index in [1.54, 1.807) is 0 Å². The largest absolute Gasteiger partial charge is 0.325 e. The predicted molar refractivity (Wildman–Crippen MR) is 78.7 cm³/mol. The van der Waals surface area contributed by atoms with Crippen molar-refractivity contribution in [1.82, 2.24) is 10.2 Å². The molecule has 2 rings (SSSR count). The fourth-order valence-electron chi connectivity index (χ4n) is 4.30. The lowest BCUT2D eigenvalue weighted by atomic mass is 9.63. The van der Waals surface area contributed by atoms with Gasteiger partial charge in [0.25, 0.3) is 0 Å². The Hall–Kier alpha value is -0.570. The summed E-state index contributed by atoms with van der Waals surface area (Å²) in [5, 5.41) is 3.41. The van der Waals surface area contributed by atoms with Gasteiger partial charge in [0.2, 0.25) is 5.91 Å². The van der Waals surface area contributed by atoms with Gasteiger partial charge in [-0.1, -0.05) is 34.6 Å². The molecule has 0 aromatic rings. The Bertz CT molecular complexity index is 359. The van der Waals surface area contributed by atoms with E-state index in [0.717, 1.165) is 25.9 Å². The van der Waals surface area contributed by atoms with Crippen LogP contribution in [-0.2, 0) is 4.79 Å². The van der Waals surface area contributed by atoms with Crippen LogP contribution in [0.3, 0.4) is 0 Å². The fraction of sp³-hybridized carbons (Fsp3) is 0.938. The van der Waals surface area contributed by atoms with Crippen LogP contribution in [0.1, 0.15) is 67.2 Å². The van der Waals surface area contributed by atoms with Crippen LogP contribution < -0.4 is 5.32 Å². The number of amides is 1. The zero-order chi connectivity index (χ0) is 14.5. The van der Waals surface area contributed by atoms with Gasteiger partial charge in [0.1, 0.15) is 0 Å². The molecule has 1 unspecified atom stereocenters. The van der Waals surface area contributed by atoms with Crippen molar-refractivity contribution in [3.8, 4) is 0 Å². The van der Waals surface area contributed by atoms with Crippen LogP contribution in [0.4, 0.5) is 0 Å². The summed E-state index contributed by atoms with van der Waals surface area (Å²) in [6.45, 7) is 14.2. The minimum absolute atomic E-state index is 0.300. The van der Waals surface area contributed by atoms with E-state index in [4.69, 9.17) is 0 Å². The Labute approximate surface area is 118 Å². The normalized spacial score (nSPS) is 34.8. The van der Waals surface area contributed by atoms with E-state index < -0.39 is 0 Å². The van der Waals surface area contributed by atoms with Gasteiger partial charge in [-0.05, 0) is 43.4 Å². The molecular weight excluding hydrogens is 236 g/mol. The van der Waals surface area contributed by atoms with Crippen molar-refractivity contribution in [2.24, 2.45) is 10.8 Å². The Morgan fingerprint density at radius 2 is 1.68 bits per heavy atom. The lowest BCUT2D eigenvalue weighted by Crippen LogP contribution is -2.49. The van der Waals surface area contributed by atoms with Gasteiger partial charge >= 0.3 is 0 Å². The zero-order valence-corrected chi connectivity index (χ0v) is 13.5. The molecule has 110 valence electrons. The lowest BCUT2D eigenvalue weighted by Gasteiger charge is -2.47. The molecule has 0 aromatic heterocycles. The van der Waals surface area contributed by atoms with Gasteiger partial charge < -0.3 is 4.90 Å². The summed E-state index contributed by atoms with van der Waals surface area (Å²) < 4.78 is 0. The van der Waals surface area contributed by atoms with Crippen molar-refractivity contribution < 1.29 is 4.79 Å². The van der Waals surface area contributed by atoms with Gasteiger partial charge in [-0.3, -0.25) is 10.1 Å². The maximum atomic E-state index is 12.6. The molecule has 1 heterocycles. The third-order valence-corrected chi connectivity index (χ3v) is 5.05. The molecule has 1 saturated carbocycles. The van der Waals surface area contributed by atoms with Crippen molar-refractivity contribution in [1.29, 1.82) is 0 Å². The molecule has 3 nitrogen and oxygen atoms in total. The molecule has 0 radical (unpaired) electrons. The SMILES string of the molecule is CCC1(C)NCN(C2CC(C)(C)CC(C)(C)C2)C1=O. The monoisotopic (exact) mass is 266 g/mol. The van der Waals surface area contributed by atoms with Gasteiger partial charge in [0.15, 0.2) is 0 Å². The standard InChI is InChI=1S/C16H30N2O/c1-7-16(6)13(19)18(11-17-16)12-8-14(2,3)10-15(4,5)9-12/h12,17H,7-11H2,1-6H3. The molecule has 2 aliphatic rings. The second-order valence-corrected chi connectivity index (χ2v) is 8.36. The highest BCUT2D eigenvalue weighted by atomic mass is 16.2. The molecule has 19 heavy (non-hydrogen) atoms. The summed E-state index contributed by atoms with van der Waals surface area (Å²) in [4.78, 5) is 14.7. The van der Waals surface area contributed by atoms with Gasteiger partial charge in [-0.2, -0.15) is 0 Å². The highest BCUT2D eigenvalue weighted by molar-refractivity contribution is 5.88. The van der Waals surface area contributed by atoms with E-state index >= 15 is 0 Å². The average Bonchev–Trinajstić information content (AvgIpc) is 2.52. The van der Waals surface area contributed by atoms with Crippen LogP contribution in [0.15, 0.2) is 0 Å². The number of carbonyl (C=O) groups excluding carboxylic acids is 1. The Kier molecular flexibility index (Phi) is 3.49. The molecule has 2 fully saturated rings. The molecule has 1 amide bonds. The number of carbonyl (C=O) groups is 1. The maximum absolute atomic E-state index is 12.6. The average molecular weight is 266 g/mol. The molecule has 1 saturated heterocycles. The second-order valence-electron chi connectivity index (χ2n) is 8.36. The maximum Gasteiger partial charge on any atom is 0.243 e. The van der Waals surface area contributed by atoms with Gasteiger partial charge in [-0.25, -0.2) is 0 Å². The molecule has 0 bridgehead atoms. The van der Waals surface area contributed by atoms with E-state index in [0.29, 0.717) is 22.8 Å². The Morgan fingerprint density at radius 1 is 1.16 bits per heavy atom. The van der Waals surface area contributed by atoms with Crippen LogP contribution in [-0.4, -0.2) is 29.1 Å². The van der Waals surface area contributed by atoms with Crippen molar-refractivity contribution >= 4 is 5.91 Å². The molecule has 1 atom stereocenters. The number of hydrogen-bond acceptors (Lipinski definition) is 2. The lowest BCUT2D eigenvalue weighted by molar-refractivity contribution is -0.136. The minimum Gasteiger partial charge on any atom is -0.325 e. The smallest absolute Gasteiger partial charge is 0.243 e. The summed E-state index contributed by atoms with van der Waals surface area (Å²) >= 11 is 0. The van der Waals surface area contributed by atoms with E-state index in [1.807, 2.05) is 6.92 Å². The van der Waals surface area contributed by atoms with Gasteiger partial charge in [0.05, 0.1) is 12.2 Å². The van der Waals surface area contributed by atoms with E-state index in [9.17, 15) is 4.79 Å². The number of hydrogen-bond donors (Lipinski definition) is 1. The first-order valence-corrected chi connectivity index (χ1v) is 7.65. The van der Waals surface area contributed by atoms with E-state index in [-0.39, 0.29) is 5.54 Å². The fourth-order valence-corrected chi connectivity index (χ4v) is 4.30. The molecule has 1 aliphatic carbocycles. The third-order valence-electron chi connectivity index (χ3n) is 5.05. The first-order chi connectivity index (χ1) is 8.59. The topological polar surface area (TPSA) is 32.3 Å². The van der Waals surface area contributed by atoms with Crippen LogP contribution in [0, 0.1) is 10.8 Å². The molecule has 1 N–H and O–H groups in total. The summed E-state index contributed by atoms with van der Waals surface area (Å²) in [6.07, 6.45) is 4.37. The Balaban J connectivity index is 2.17. The van der Waals surface area contributed by atoms with Gasteiger partial charge in [0, 0.05) is 6.04 Å². The van der Waals surface area contributed by atoms with E-state index in [1.165, 1.54) is 6.42 Å². The first kappa shape index (κ1) is 14.8. The third kappa shape index (κ3) is 2.81. The minimum atomic E-state index is -0.342. The zero-order valence-electron chi connectivity index (χ0n) is 13.5. The number of nitrogens with zero attached hydrogens (tertiary/aromatic N) is 1. The van der Waals surface area contributed by atoms with Gasteiger partial charge in [-0.15, -0.1) is 0 Å². The van der Waals surface area contributed by atoms with Crippen molar-refractivity contribution in [3.63, 3.8) is 0 Å². The quantitative estimate of drug-likeness (QED) is 0.832. The first-order valence-electron chi connectivity index (χ1n) is 7.65. The highest BCUT2D eigenvalue weighted by Gasteiger charge is 2.48. The molecule has 0 spiro atoms. The summed E-state index contributed by atoms with van der Waals surface area (Å²) in [5.41, 5.74) is 0.321. The van der Waals surface area contributed by atoms with Crippen molar-refractivity contribution in [2.75, 3.05) is 6.67 Å². The predicted octanol–water partition coefficient (Wildman–Crippen LogP) is 3.15. The van der Waals surface area contributed by atoms with Crippen LogP contribution in [0.2, 0.25) is 0 Å². The van der Waals surface area contributed by atoms with Crippen LogP contribution >= 0.6 is 0 Å². The Morgan fingerprint density at radius 3 is 2.11 bits per heavy atom.